The molecule has 0 unspecified atom stereocenters. The first kappa shape index (κ1) is 18.9. The highest BCUT2D eigenvalue weighted by Gasteiger charge is 2.18. The minimum Gasteiger partial charge on any atom is -0.401 e. The minimum atomic E-state index is -0.672. The number of hydrogen-bond acceptors (Lipinski definition) is 6. The van der Waals surface area contributed by atoms with E-state index in [4.69, 9.17) is 4.42 Å². The van der Waals surface area contributed by atoms with Crippen LogP contribution in [-0.2, 0) is 11.8 Å². The van der Waals surface area contributed by atoms with Gasteiger partial charge in [-0.3, -0.25) is 24.4 Å². The van der Waals surface area contributed by atoms with Crippen molar-refractivity contribution in [1.29, 1.82) is 0 Å². The first-order chi connectivity index (χ1) is 12.3. The van der Waals surface area contributed by atoms with Crippen LogP contribution in [0.3, 0.4) is 0 Å². The van der Waals surface area contributed by atoms with Gasteiger partial charge >= 0.3 is 5.88 Å². The van der Waals surface area contributed by atoms with Crippen molar-refractivity contribution < 1.29 is 18.9 Å². The molecule has 2 aromatic rings. The number of rotatable bonds is 7. The maximum atomic E-state index is 12.3. The molecule has 2 aromatic heterocycles. The van der Waals surface area contributed by atoms with E-state index in [9.17, 15) is 19.7 Å². The molecule has 2 rings (SSSR count). The van der Waals surface area contributed by atoms with Crippen LogP contribution < -0.4 is 10.6 Å². The molecule has 0 aliphatic rings. The predicted octanol–water partition coefficient (Wildman–Crippen LogP) is 1.96. The van der Waals surface area contributed by atoms with Crippen LogP contribution in [-0.4, -0.2) is 33.1 Å². The Labute approximate surface area is 149 Å². The zero-order chi connectivity index (χ0) is 19.3. The average molecular weight is 361 g/mol. The molecule has 0 aliphatic carbocycles. The van der Waals surface area contributed by atoms with Gasteiger partial charge in [0.2, 0.25) is 5.91 Å². The summed E-state index contributed by atoms with van der Waals surface area (Å²) in [5, 5.41) is 19.9. The third-order valence-electron chi connectivity index (χ3n) is 3.27. The molecule has 10 heteroatoms. The number of hydrogen-bond donors (Lipinski definition) is 2. The number of aryl methyl sites for hydroxylation is 1. The van der Waals surface area contributed by atoms with Crippen LogP contribution in [0.4, 0.5) is 11.6 Å². The summed E-state index contributed by atoms with van der Waals surface area (Å²) in [5.74, 6) is -0.852. The molecule has 0 atom stereocenters. The molecule has 26 heavy (non-hydrogen) atoms. The Bertz CT molecular complexity index is 849. The fraction of sp³-hybridized carbons (Fsp3) is 0.312. The van der Waals surface area contributed by atoms with E-state index in [0.717, 1.165) is 6.08 Å². The zero-order valence-corrected chi connectivity index (χ0v) is 14.6. The molecule has 2 heterocycles. The van der Waals surface area contributed by atoms with Gasteiger partial charge < -0.3 is 15.1 Å². The fourth-order valence-corrected chi connectivity index (χ4v) is 2.04. The highest BCUT2D eigenvalue weighted by atomic mass is 16.6. The highest BCUT2D eigenvalue weighted by Crippen LogP contribution is 2.17. The molecule has 138 valence electrons. The molecule has 0 radical (unpaired) electrons. The number of nitrogens with zero attached hydrogens (tertiary/aromatic N) is 3. The van der Waals surface area contributed by atoms with Gasteiger partial charge in [-0.05, 0) is 18.1 Å². The number of amides is 2. The van der Waals surface area contributed by atoms with E-state index in [1.165, 1.54) is 29.1 Å². The van der Waals surface area contributed by atoms with Crippen LogP contribution in [0.15, 0.2) is 28.8 Å². The van der Waals surface area contributed by atoms with Crippen molar-refractivity contribution in [3.05, 3.63) is 46.0 Å². The molecule has 0 saturated heterocycles. The highest BCUT2D eigenvalue weighted by molar-refractivity contribution is 6.06. The van der Waals surface area contributed by atoms with Gasteiger partial charge in [-0.15, -0.1) is 0 Å². The molecule has 0 aliphatic heterocycles. The maximum Gasteiger partial charge on any atom is 0.433 e. The Morgan fingerprint density at radius 1 is 1.42 bits per heavy atom. The molecule has 0 saturated carbocycles. The van der Waals surface area contributed by atoms with Gasteiger partial charge in [0.1, 0.15) is 16.4 Å². The normalized spacial score (nSPS) is 11.1. The first-order valence-electron chi connectivity index (χ1n) is 7.81. The lowest BCUT2D eigenvalue weighted by atomic mass is 10.2. The molecule has 0 bridgehead atoms. The summed E-state index contributed by atoms with van der Waals surface area (Å²) in [6.07, 6.45) is 3.80. The molecule has 0 fully saturated rings. The number of carbonyl (C=O) groups excluding carboxylic acids is 2. The van der Waals surface area contributed by atoms with Crippen molar-refractivity contribution in [1.82, 2.24) is 15.1 Å². The third-order valence-corrected chi connectivity index (χ3v) is 3.27. The smallest absolute Gasteiger partial charge is 0.401 e. The summed E-state index contributed by atoms with van der Waals surface area (Å²) in [6, 6.07) is 2.56. The number of aromatic nitrogens is 2. The SMILES string of the molecule is CC(C)CNC(=O)c1c(NC(=O)/C=C/c2ccc([N+](=O)[O-])o2)cnn1C. The Kier molecular flexibility index (Phi) is 5.89. The Balaban J connectivity index is 2.05. The van der Waals surface area contributed by atoms with Gasteiger partial charge in [-0.1, -0.05) is 13.8 Å². The summed E-state index contributed by atoms with van der Waals surface area (Å²) in [4.78, 5) is 34.2. The van der Waals surface area contributed by atoms with E-state index >= 15 is 0 Å². The topological polar surface area (TPSA) is 132 Å². The number of nitro groups is 1. The lowest BCUT2D eigenvalue weighted by Crippen LogP contribution is -2.30. The third kappa shape index (κ3) is 4.79. The van der Waals surface area contributed by atoms with E-state index < -0.39 is 16.7 Å². The maximum absolute atomic E-state index is 12.3. The summed E-state index contributed by atoms with van der Waals surface area (Å²) >= 11 is 0. The van der Waals surface area contributed by atoms with Crippen LogP contribution in [0.5, 0.6) is 0 Å². The Morgan fingerprint density at radius 3 is 2.77 bits per heavy atom. The molecule has 0 spiro atoms. The van der Waals surface area contributed by atoms with Crippen molar-refractivity contribution in [2.24, 2.45) is 13.0 Å². The van der Waals surface area contributed by atoms with E-state index in [1.807, 2.05) is 13.8 Å². The predicted molar refractivity (Wildman–Crippen MR) is 93.4 cm³/mol. The molecule has 2 N–H and O–H groups in total. The van der Waals surface area contributed by atoms with Crippen LogP contribution in [0.2, 0.25) is 0 Å². The van der Waals surface area contributed by atoms with Gasteiger partial charge in [-0.25, -0.2) is 0 Å². The van der Waals surface area contributed by atoms with Crippen LogP contribution in [0.25, 0.3) is 6.08 Å². The molecular weight excluding hydrogens is 342 g/mol. The number of carbonyl (C=O) groups is 2. The van der Waals surface area contributed by atoms with Crippen molar-refractivity contribution in [2.45, 2.75) is 13.8 Å². The quantitative estimate of drug-likeness (QED) is 0.440. The van der Waals surface area contributed by atoms with E-state index in [2.05, 4.69) is 15.7 Å². The monoisotopic (exact) mass is 361 g/mol. The number of furan rings is 1. The average Bonchev–Trinajstić information content (AvgIpc) is 3.18. The van der Waals surface area contributed by atoms with Crippen LogP contribution >= 0.6 is 0 Å². The number of anilines is 1. The second-order valence-corrected chi connectivity index (χ2v) is 5.89. The van der Waals surface area contributed by atoms with Crippen LogP contribution in [0, 0.1) is 16.0 Å². The standard InChI is InChI=1S/C16H19N5O5/c1-10(2)8-17-16(23)15-12(9-18-20(15)3)19-13(22)6-4-11-5-7-14(26-11)21(24)25/h4-7,9-10H,8H2,1-3H3,(H,17,23)(H,19,22)/b6-4+. The van der Waals surface area contributed by atoms with Gasteiger partial charge in [0.25, 0.3) is 5.91 Å². The minimum absolute atomic E-state index is 0.160. The van der Waals surface area contributed by atoms with Crippen molar-refractivity contribution in [2.75, 3.05) is 11.9 Å². The van der Waals surface area contributed by atoms with Gasteiger partial charge in [0, 0.05) is 19.7 Å². The Hall–Kier alpha value is -3.43. The molecular formula is C16H19N5O5. The largest absolute Gasteiger partial charge is 0.433 e. The second-order valence-electron chi connectivity index (χ2n) is 5.89. The fourth-order valence-electron chi connectivity index (χ4n) is 2.04. The van der Waals surface area contributed by atoms with E-state index in [1.54, 1.807) is 7.05 Å². The number of nitrogens with one attached hydrogen (secondary N) is 2. The molecule has 2 amide bonds. The lowest BCUT2D eigenvalue weighted by molar-refractivity contribution is -0.402. The molecule has 10 nitrogen and oxygen atoms in total. The first-order valence-corrected chi connectivity index (χ1v) is 7.81. The van der Waals surface area contributed by atoms with Crippen molar-refractivity contribution in [3.63, 3.8) is 0 Å². The van der Waals surface area contributed by atoms with E-state index in [-0.39, 0.29) is 29.0 Å². The van der Waals surface area contributed by atoms with Crippen molar-refractivity contribution in [3.8, 4) is 0 Å². The van der Waals surface area contributed by atoms with Gasteiger partial charge in [-0.2, -0.15) is 5.10 Å². The van der Waals surface area contributed by atoms with Gasteiger partial charge in [0.05, 0.1) is 18.0 Å². The zero-order valence-electron chi connectivity index (χ0n) is 14.6. The summed E-state index contributed by atoms with van der Waals surface area (Å²) in [7, 11) is 1.60. The second kappa shape index (κ2) is 8.10. The lowest BCUT2D eigenvalue weighted by Gasteiger charge is -2.09. The van der Waals surface area contributed by atoms with Crippen LogP contribution in [0.1, 0.15) is 30.1 Å². The summed E-state index contributed by atoms with van der Waals surface area (Å²) < 4.78 is 6.29. The molecule has 0 aromatic carbocycles. The Morgan fingerprint density at radius 2 is 2.15 bits per heavy atom. The van der Waals surface area contributed by atoms with E-state index in [0.29, 0.717) is 6.54 Å². The summed E-state index contributed by atoms with van der Waals surface area (Å²) in [6.45, 7) is 4.43. The summed E-state index contributed by atoms with van der Waals surface area (Å²) in [5.41, 5.74) is 0.481. The van der Waals surface area contributed by atoms with Crippen molar-refractivity contribution >= 4 is 29.5 Å². The van der Waals surface area contributed by atoms with Gasteiger partial charge in [0.15, 0.2) is 0 Å².